The van der Waals surface area contributed by atoms with Crippen molar-refractivity contribution < 1.29 is 18.4 Å². The number of amides is 2. The van der Waals surface area contributed by atoms with Gasteiger partial charge in [-0.3, -0.25) is 14.5 Å². The lowest BCUT2D eigenvalue weighted by molar-refractivity contribution is -0.120. The van der Waals surface area contributed by atoms with Crippen molar-refractivity contribution >= 4 is 46.3 Å². The van der Waals surface area contributed by atoms with E-state index in [1.165, 1.54) is 47.5 Å². The predicted molar refractivity (Wildman–Crippen MR) is 114 cm³/mol. The van der Waals surface area contributed by atoms with Gasteiger partial charge in [-0.2, -0.15) is 0 Å². The summed E-state index contributed by atoms with van der Waals surface area (Å²) in [7, 11) is 0. The quantitative estimate of drug-likeness (QED) is 0.648. The van der Waals surface area contributed by atoms with Gasteiger partial charge in [-0.05, 0) is 48.0 Å². The minimum atomic E-state index is -0.606. The molecule has 2 amide bonds. The van der Waals surface area contributed by atoms with E-state index in [2.05, 4.69) is 15.3 Å². The summed E-state index contributed by atoms with van der Waals surface area (Å²) in [6.07, 6.45) is 1.40. The highest BCUT2D eigenvalue weighted by molar-refractivity contribution is 6.31. The van der Waals surface area contributed by atoms with E-state index >= 15 is 0 Å². The van der Waals surface area contributed by atoms with Crippen molar-refractivity contribution in [3.05, 3.63) is 83.0 Å². The fourth-order valence-corrected chi connectivity index (χ4v) is 3.30. The largest absolute Gasteiger partial charge is 0.324 e. The van der Waals surface area contributed by atoms with Crippen molar-refractivity contribution in [1.29, 1.82) is 0 Å². The van der Waals surface area contributed by atoms with E-state index in [1.807, 2.05) is 0 Å². The van der Waals surface area contributed by atoms with Gasteiger partial charge in [0.25, 0.3) is 0 Å². The van der Waals surface area contributed by atoms with Crippen LogP contribution in [0.5, 0.6) is 0 Å². The molecule has 0 aliphatic carbocycles. The van der Waals surface area contributed by atoms with Crippen molar-refractivity contribution in [2.24, 2.45) is 4.99 Å². The van der Waals surface area contributed by atoms with E-state index < -0.39 is 23.4 Å². The second kappa shape index (κ2) is 8.61. The third kappa shape index (κ3) is 4.59. The summed E-state index contributed by atoms with van der Waals surface area (Å²) in [6, 6.07) is 12.8. The summed E-state index contributed by atoms with van der Waals surface area (Å²) in [5.41, 5.74) is 1.73. The van der Waals surface area contributed by atoms with Gasteiger partial charge in [0.15, 0.2) is 5.82 Å². The molecule has 1 aliphatic heterocycles. The molecule has 9 heteroatoms. The summed E-state index contributed by atoms with van der Waals surface area (Å²) in [5.74, 6) is -1.68. The zero-order valence-electron chi connectivity index (χ0n) is 16.0. The third-order valence-electron chi connectivity index (χ3n) is 4.58. The van der Waals surface area contributed by atoms with Crippen molar-refractivity contribution in [3.63, 3.8) is 0 Å². The molecule has 0 fully saturated rings. The maximum atomic E-state index is 13.3. The van der Waals surface area contributed by atoms with Gasteiger partial charge in [0.2, 0.25) is 11.8 Å². The van der Waals surface area contributed by atoms with Crippen molar-refractivity contribution in [3.8, 4) is 0 Å². The predicted octanol–water partition coefficient (Wildman–Crippen LogP) is 4.51. The Morgan fingerprint density at radius 3 is 2.65 bits per heavy atom. The molecule has 0 spiro atoms. The van der Waals surface area contributed by atoms with Crippen LogP contribution >= 0.6 is 11.6 Å². The van der Waals surface area contributed by atoms with Crippen molar-refractivity contribution in [2.45, 2.75) is 6.42 Å². The first-order valence-electron chi connectivity index (χ1n) is 9.24. The number of fused-ring (bicyclic) bond motifs is 1. The Balaban J connectivity index is 1.59. The Labute approximate surface area is 181 Å². The van der Waals surface area contributed by atoms with Gasteiger partial charge in [0, 0.05) is 11.9 Å². The first-order valence-corrected chi connectivity index (χ1v) is 9.62. The number of aromatic nitrogens is 1. The van der Waals surface area contributed by atoms with E-state index in [0.717, 1.165) is 6.07 Å². The summed E-state index contributed by atoms with van der Waals surface area (Å²) in [4.78, 5) is 35.6. The van der Waals surface area contributed by atoms with E-state index in [0.29, 0.717) is 22.6 Å². The number of nitrogens with zero attached hydrogens (tertiary/aromatic N) is 3. The molecule has 31 heavy (non-hydrogen) atoms. The van der Waals surface area contributed by atoms with Gasteiger partial charge < -0.3 is 5.32 Å². The molecule has 0 radical (unpaired) electrons. The molecule has 156 valence electrons. The standard InChI is InChI=1S/C22H15ClF2N4O2/c23-16-10-15(7-8-17(16)25)27-20(30)12-29-21(31)11-19(13-3-5-14(24)6-4-13)28-18-2-1-9-26-22(18)29/h1-10H,11-12H2,(H,27,30). The van der Waals surface area contributed by atoms with E-state index in [1.54, 1.807) is 12.1 Å². The summed E-state index contributed by atoms with van der Waals surface area (Å²) < 4.78 is 26.6. The second-order valence-electron chi connectivity index (χ2n) is 6.75. The minimum Gasteiger partial charge on any atom is -0.324 e. The van der Waals surface area contributed by atoms with Crippen LogP contribution in [0, 0.1) is 11.6 Å². The Hall–Kier alpha value is -3.65. The molecular weight excluding hydrogens is 426 g/mol. The highest BCUT2D eigenvalue weighted by Crippen LogP contribution is 2.31. The molecule has 0 saturated carbocycles. The number of carbonyl (C=O) groups excluding carboxylic acids is 2. The molecule has 3 aromatic rings. The number of aliphatic imine (C=N–C) groups is 1. The summed E-state index contributed by atoms with van der Waals surface area (Å²) in [5, 5.41) is 2.46. The fraction of sp³-hybridized carbons (Fsp3) is 0.0909. The minimum absolute atomic E-state index is 0.0996. The van der Waals surface area contributed by atoms with Crippen LogP contribution in [0.1, 0.15) is 12.0 Å². The molecule has 4 rings (SSSR count). The topological polar surface area (TPSA) is 74.7 Å². The highest BCUT2D eigenvalue weighted by atomic mass is 35.5. The van der Waals surface area contributed by atoms with Crippen LogP contribution in [-0.4, -0.2) is 29.1 Å². The number of benzene rings is 2. The van der Waals surface area contributed by atoms with Crippen LogP contribution in [0.4, 0.5) is 26.0 Å². The number of hydrogen-bond donors (Lipinski definition) is 1. The summed E-state index contributed by atoms with van der Waals surface area (Å²) in [6.45, 7) is -0.329. The van der Waals surface area contributed by atoms with Crippen LogP contribution in [0.15, 0.2) is 65.8 Å². The number of halogens is 3. The van der Waals surface area contributed by atoms with Crippen molar-refractivity contribution in [2.75, 3.05) is 16.8 Å². The van der Waals surface area contributed by atoms with Crippen molar-refractivity contribution in [1.82, 2.24) is 4.98 Å². The number of anilines is 2. The Kier molecular flexibility index (Phi) is 5.73. The molecule has 2 aromatic carbocycles. The number of nitrogens with one attached hydrogen (secondary N) is 1. The Morgan fingerprint density at radius 1 is 1.13 bits per heavy atom. The van der Waals surface area contributed by atoms with Crippen LogP contribution in [-0.2, 0) is 9.59 Å². The molecule has 1 N–H and O–H groups in total. The first kappa shape index (κ1) is 20.6. The number of hydrogen-bond acceptors (Lipinski definition) is 4. The van der Waals surface area contributed by atoms with Gasteiger partial charge >= 0.3 is 0 Å². The van der Waals surface area contributed by atoms with Crippen LogP contribution in [0.3, 0.4) is 0 Å². The Morgan fingerprint density at radius 2 is 1.90 bits per heavy atom. The molecule has 0 atom stereocenters. The SMILES string of the molecule is O=C(CN1C(=O)CC(c2ccc(F)cc2)=Nc2cccnc21)Nc1ccc(F)c(Cl)c1. The van der Waals surface area contributed by atoms with E-state index in [9.17, 15) is 18.4 Å². The Bertz CT molecular complexity index is 1200. The molecule has 1 aliphatic rings. The zero-order chi connectivity index (χ0) is 22.0. The summed E-state index contributed by atoms with van der Waals surface area (Å²) >= 11 is 5.75. The normalized spacial score (nSPS) is 13.3. The highest BCUT2D eigenvalue weighted by Gasteiger charge is 2.27. The third-order valence-corrected chi connectivity index (χ3v) is 4.87. The van der Waals surface area contributed by atoms with Gasteiger partial charge in [-0.25, -0.2) is 18.8 Å². The van der Waals surface area contributed by atoms with E-state index in [4.69, 9.17) is 11.6 Å². The zero-order valence-corrected chi connectivity index (χ0v) is 16.7. The molecule has 2 heterocycles. The fourth-order valence-electron chi connectivity index (χ4n) is 3.12. The average molecular weight is 441 g/mol. The van der Waals surface area contributed by atoms with Gasteiger partial charge in [-0.1, -0.05) is 23.7 Å². The molecule has 0 unspecified atom stereocenters. The van der Waals surface area contributed by atoms with Crippen LogP contribution in [0.2, 0.25) is 5.02 Å². The number of pyridine rings is 1. The lowest BCUT2D eigenvalue weighted by Gasteiger charge is -2.20. The maximum absolute atomic E-state index is 13.3. The monoisotopic (exact) mass is 440 g/mol. The average Bonchev–Trinajstić information content (AvgIpc) is 2.88. The van der Waals surface area contributed by atoms with E-state index in [-0.39, 0.29) is 23.8 Å². The maximum Gasteiger partial charge on any atom is 0.244 e. The molecule has 0 bridgehead atoms. The molecule has 1 aromatic heterocycles. The number of carbonyl (C=O) groups is 2. The van der Waals surface area contributed by atoms with Crippen LogP contribution in [0.25, 0.3) is 0 Å². The van der Waals surface area contributed by atoms with Gasteiger partial charge in [0.1, 0.15) is 23.9 Å². The lowest BCUT2D eigenvalue weighted by Crippen LogP contribution is -2.39. The molecular formula is C22H15ClF2N4O2. The second-order valence-corrected chi connectivity index (χ2v) is 7.15. The molecule has 0 saturated heterocycles. The lowest BCUT2D eigenvalue weighted by atomic mass is 10.1. The van der Waals surface area contributed by atoms with Gasteiger partial charge in [0.05, 0.1) is 17.2 Å². The molecule has 6 nitrogen and oxygen atoms in total. The first-order chi connectivity index (χ1) is 14.9. The van der Waals surface area contributed by atoms with Gasteiger partial charge in [-0.15, -0.1) is 0 Å². The smallest absolute Gasteiger partial charge is 0.244 e. The van der Waals surface area contributed by atoms with Crippen LogP contribution < -0.4 is 10.2 Å². The number of rotatable bonds is 4.